The van der Waals surface area contributed by atoms with Crippen LogP contribution in [0.15, 0.2) is 0 Å². The van der Waals surface area contributed by atoms with E-state index in [4.69, 9.17) is 9.63 Å². The molecule has 0 amide bonds. The highest BCUT2D eigenvalue weighted by Crippen LogP contribution is 2.40. The molecule has 4 nitrogen and oxygen atoms in total. The summed E-state index contributed by atoms with van der Waals surface area (Å²) in [5.41, 5.74) is -0.517. The average molecular weight is 250 g/mol. The van der Waals surface area contributed by atoms with Crippen LogP contribution in [-0.2, 0) is 9.32 Å². The van der Waals surface area contributed by atoms with Gasteiger partial charge < -0.3 is 14.5 Å². The molecule has 16 heavy (non-hydrogen) atoms. The number of aliphatic hydroxyl groups excluding tert-OH is 1. The van der Waals surface area contributed by atoms with Crippen molar-refractivity contribution >= 4 is 14.2 Å². The molecule has 5 heteroatoms. The summed E-state index contributed by atoms with van der Waals surface area (Å²) in [4.78, 5) is 21.1. The minimum atomic E-state index is -1.72. The predicted octanol–water partition coefficient (Wildman–Crippen LogP) is 2.23. The molecule has 0 aromatic carbocycles. The van der Waals surface area contributed by atoms with E-state index in [2.05, 4.69) is 6.92 Å². The van der Waals surface area contributed by atoms with Gasteiger partial charge in [0.25, 0.3) is 0 Å². The maximum absolute atomic E-state index is 11.4. The summed E-state index contributed by atoms with van der Waals surface area (Å²) in [7, 11) is -1.72. The highest BCUT2D eigenvalue weighted by Gasteiger charge is 2.26. The second-order valence-corrected chi connectivity index (χ2v) is 5.20. The van der Waals surface area contributed by atoms with E-state index in [1.807, 2.05) is 0 Å². The Bertz CT molecular complexity index is 187. The molecule has 0 saturated heterocycles. The Hall–Kier alpha value is -0.0200. The van der Waals surface area contributed by atoms with E-state index >= 15 is 0 Å². The van der Waals surface area contributed by atoms with E-state index in [1.165, 1.54) is 0 Å². The summed E-state index contributed by atoms with van der Waals surface area (Å²) < 4.78 is 5.07. The lowest BCUT2D eigenvalue weighted by molar-refractivity contribution is -0.121. The Labute approximate surface area is 98.9 Å². The maximum Gasteiger partial charge on any atom is 0.178 e. The number of aliphatic hydroxyl groups is 1. The molecular weight excluding hydrogens is 227 g/mol. The standard InChI is InChI=1S/C11H23O4P/c1-3-5-6-7-8-11(10(13)9-12)16(14)15-4-2/h11-12,14H,3-9H2,1-2H3. The zero-order chi connectivity index (χ0) is 12.4. The van der Waals surface area contributed by atoms with Crippen LogP contribution in [-0.4, -0.2) is 34.7 Å². The Kier molecular flexibility index (Phi) is 10.1. The van der Waals surface area contributed by atoms with Crippen molar-refractivity contribution in [1.82, 2.24) is 0 Å². The number of hydrogen-bond acceptors (Lipinski definition) is 4. The van der Waals surface area contributed by atoms with E-state index in [0.717, 1.165) is 25.7 Å². The van der Waals surface area contributed by atoms with Crippen LogP contribution in [0.25, 0.3) is 0 Å². The van der Waals surface area contributed by atoms with E-state index in [1.54, 1.807) is 6.92 Å². The van der Waals surface area contributed by atoms with E-state index < -0.39 is 20.6 Å². The molecule has 0 radical (unpaired) electrons. The van der Waals surface area contributed by atoms with E-state index in [9.17, 15) is 9.69 Å². The number of ketones is 1. The van der Waals surface area contributed by atoms with Crippen LogP contribution < -0.4 is 0 Å². The Balaban J connectivity index is 4.05. The van der Waals surface area contributed by atoms with Crippen LogP contribution in [0.1, 0.15) is 46.0 Å². The van der Waals surface area contributed by atoms with Crippen molar-refractivity contribution in [2.45, 2.75) is 51.6 Å². The molecule has 0 heterocycles. The Morgan fingerprint density at radius 1 is 1.31 bits per heavy atom. The summed E-state index contributed by atoms with van der Waals surface area (Å²) in [5.74, 6) is -0.307. The summed E-state index contributed by atoms with van der Waals surface area (Å²) in [5, 5.41) is 8.82. The fourth-order valence-electron chi connectivity index (χ4n) is 1.49. The number of carbonyl (C=O) groups excluding carboxylic acids is 1. The first-order valence-corrected chi connectivity index (χ1v) is 7.20. The Morgan fingerprint density at radius 2 is 2.00 bits per heavy atom. The highest BCUT2D eigenvalue weighted by molar-refractivity contribution is 7.48. The van der Waals surface area contributed by atoms with Gasteiger partial charge in [-0.15, -0.1) is 0 Å². The fraction of sp³-hybridized carbons (Fsp3) is 0.909. The lowest BCUT2D eigenvalue weighted by Gasteiger charge is -2.19. The second-order valence-electron chi connectivity index (χ2n) is 3.71. The van der Waals surface area contributed by atoms with Gasteiger partial charge in [0.05, 0.1) is 12.3 Å². The molecule has 0 aliphatic heterocycles. The van der Waals surface area contributed by atoms with Crippen LogP contribution >= 0.6 is 8.38 Å². The number of unbranched alkanes of at least 4 members (excludes halogenated alkanes) is 3. The van der Waals surface area contributed by atoms with Crippen molar-refractivity contribution in [1.29, 1.82) is 0 Å². The van der Waals surface area contributed by atoms with Gasteiger partial charge in [-0.3, -0.25) is 4.79 Å². The molecule has 2 atom stereocenters. The number of carbonyl (C=O) groups is 1. The van der Waals surface area contributed by atoms with Gasteiger partial charge in [-0.05, 0) is 13.3 Å². The van der Waals surface area contributed by atoms with Crippen LogP contribution in [0.4, 0.5) is 0 Å². The molecular formula is C11H23O4P. The van der Waals surface area contributed by atoms with Gasteiger partial charge in [0, 0.05) is 0 Å². The van der Waals surface area contributed by atoms with Gasteiger partial charge in [0.15, 0.2) is 14.2 Å². The molecule has 0 saturated carbocycles. The lowest BCUT2D eigenvalue weighted by atomic mass is 10.1. The smallest absolute Gasteiger partial charge is 0.178 e. The van der Waals surface area contributed by atoms with Gasteiger partial charge in [-0.2, -0.15) is 0 Å². The SMILES string of the molecule is CCCCCCC(C(=O)CO)P(O)OCC. The third-order valence-corrected chi connectivity index (χ3v) is 3.99. The van der Waals surface area contributed by atoms with Crippen molar-refractivity contribution in [2.75, 3.05) is 13.2 Å². The third-order valence-electron chi connectivity index (χ3n) is 2.39. The molecule has 0 aliphatic carbocycles. The monoisotopic (exact) mass is 250 g/mol. The van der Waals surface area contributed by atoms with Crippen LogP contribution in [0.3, 0.4) is 0 Å². The van der Waals surface area contributed by atoms with Crippen molar-refractivity contribution in [3.8, 4) is 0 Å². The number of rotatable bonds is 10. The molecule has 0 fully saturated rings. The van der Waals surface area contributed by atoms with Crippen molar-refractivity contribution in [3.63, 3.8) is 0 Å². The topological polar surface area (TPSA) is 66.8 Å². The predicted molar refractivity (Wildman–Crippen MR) is 65.4 cm³/mol. The fourth-order valence-corrected chi connectivity index (χ4v) is 2.66. The molecule has 0 spiro atoms. The molecule has 0 bridgehead atoms. The molecule has 0 aromatic heterocycles. The normalized spacial score (nSPS) is 14.8. The zero-order valence-electron chi connectivity index (χ0n) is 10.2. The van der Waals surface area contributed by atoms with Gasteiger partial charge in [-0.1, -0.05) is 32.6 Å². The highest BCUT2D eigenvalue weighted by atomic mass is 31.2. The number of hydrogen-bond donors (Lipinski definition) is 2. The van der Waals surface area contributed by atoms with Crippen LogP contribution in [0.5, 0.6) is 0 Å². The molecule has 2 N–H and O–H groups in total. The first kappa shape index (κ1) is 16.0. The van der Waals surface area contributed by atoms with Crippen LogP contribution in [0, 0.1) is 0 Å². The summed E-state index contributed by atoms with van der Waals surface area (Å²) in [6.45, 7) is 3.79. The largest absolute Gasteiger partial charge is 0.389 e. The minimum absolute atomic E-state index is 0.307. The Morgan fingerprint density at radius 3 is 2.50 bits per heavy atom. The third kappa shape index (κ3) is 6.54. The lowest BCUT2D eigenvalue weighted by Crippen LogP contribution is -2.23. The zero-order valence-corrected chi connectivity index (χ0v) is 11.1. The van der Waals surface area contributed by atoms with E-state index in [-0.39, 0.29) is 5.78 Å². The van der Waals surface area contributed by atoms with Crippen molar-refractivity contribution < 1.29 is 19.3 Å². The number of Topliss-reactive ketones (excluding diaryl/α,β-unsaturated/α-hetero) is 1. The van der Waals surface area contributed by atoms with Gasteiger partial charge in [0.1, 0.15) is 6.61 Å². The summed E-state index contributed by atoms with van der Waals surface area (Å²) in [6, 6.07) is 0. The van der Waals surface area contributed by atoms with Crippen molar-refractivity contribution in [3.05, 3.63) is 0 Å². The van der Waals surface area contributed by atoms with E-state index in [0.29, 0.717) is 13.0 Å². The molecule has 2 unspecified atom stereocenters. The van der Waals surface area contributed by atoms with Gasteiger partial charge in [-0.25, -0.2) is 0 Å². The average Bonchev–Trinajstić information content (AvgIpc) is 2.28. The first-order valence-electron chi connectivity index (χ1n) is 5.91. The molecule has 96 valence electrons. The summed E-state index contributed by atoms with van der Waals surface area (Å²) >= 11 is 0. The molecule has 0 rings (SSSR count). The summed E-state index contributed by atoms with van der Waals surface area (Å²) in [6.07, 6.45) is 4.84. The first-order chi connectivity index (χ1) is 7.67. The van der Waals surface area contributed by atoms with Gasteiger partial charge >= 0.3 is 0 Å². The molecule has 0 aliphatic rings. The van der Waals surface area contributed by atoms with Crippen molar-refractivity contribution in [2.24, 2.45) is 0 Å². The quantitative estimate of drug-likeness (QED) is 0.461. The maximum atomic E-state index is 11.4. The second kappa shape index (κ2) is 10.2. The molecule has 0 aromatic rings. The minimum Gasteiger partial charge on any atom is -0.389 e. The van der Waals surface area contributed by atoms with Gasteiger partial charge in [0.2, 0.25) is 0 Å². The van der Waals surface area contributed by atoms with Crippen LogP contribution in [0.2, 0.25) is 0 Å².